The van der Waals surface area contributed by atoms with Gasteiger partial charge in [0.15, 0.2) is 5.65 Å². The van der Waals surface area contributed by atoms with Crippen LogP contribution in [0.5, 0.6) is 0 Å². The van der Waals surface area contributed by atoms with Gasteiger partial charge in [-0.2, -0.15) is 18.0 Å². The highest BCUT2D eigenvalue weighted by atomic mass is 32.2. The molecule has 12 heteroatoms. The molecule has 2 aromatic carbocycles. The standard InChI is InChI=1S/C24H24N6O5S/c25-36(33,34)35-12-14-10-20(24(32)23(14)31)28-21-7-8-26-22-11-18(29-30(21)22)13-5-6-16-15-3-1-2-4-17(15)27-19(16)9-13/h1-9,11,14,20,23-24,27-28,31-32H,10,12H2,(H2,25,33,34)/t14?,20-,23-,24+/m1/s1. The van der Waals surface area contributed by atoms with Crippen molar-refractivity contribution < 1.29 is 22.8 Å². The minimum Gasteiger partial charge on any atom is -0.390 e. The van der Waals surface area contributed by atoms with Crippen molar-refractivity contribution >= 4 is 43.6 Å². The summed E-state index contributed by atoms with van der Waals surface area (Å²) in [4.78, 5) is 7.85. The molecule has 6 N–H and O–H groups in total. The molecule has 1 saturated carbocycles. The number of hydrogen-bond acceptors (Lipinski definition) is 8. The van der Waals surface area contributed by atoms with Gasteiger partial charge in [-0.25, -0.2) is 10.1 Å². The lowest BCUT2D eigenvalue weighted by atomic mass is 10.1. The van der Waals surface area contributed by atoms with Crippen molar-refractivity contribution in [2.75, 3.05) is 11.9 Å². The van der Waals surface area contributed by atoms with Crippen LogP contribution in [0.1, 0.15) is 6.42 Å². The zero-order valence-corrected chi connectivity index (χ0v) is 19.8. The fourth-order valence-electron chi connectivity index (χ4n) is 4.96. The molecule has 0 amide bonds. The normalized spacial score (nSPS) is 22.6. The third-order valence-electron chi connectivity index (χ3n) is 6.74. The van der Waals surface area contributed by atoms with Gasteiger partial charge in [-0.1, -0.05) is 30.3 Å². The number of hydrogen-bond donors (Lipinski definition) is 5. The number of aromatic nitrogens is 4. The van der Waals surface area contributed by atoms with E-state index in [2.05, 4.69) is 37.7 Å². The van der Waals surface area contributed by atoms with E-state index in [1.54, 1.807) is 16.8 Å². The van der Waals surface area contributed by atoms with E-state index < -0.39 is 34.5 Å². The van der Waals surface area contributed by atoms with Crippen molar-refractivity contribution in [1.82, 2.24) is 19.6 Å². The Balaban J connectivity index is 1.28. The van der Waals surface area contributed by atoms with Crippen LogP contribution in [0.25, 0.3) is 38.7 Å². The van der Waals surface area contributed by atoms with Crippen molar-refractivity contribution in [3.8, 4) is 11.3 Å². The molecule has 0 saturated heterocycles. The maximum atomic E-state index is 11.1. The van der Waals surface area contributed by atoms with Crippen molar-refractivity contribution in [2.45, 2.75) is 24.7 Å². The van der Waals surface area contributed by atoms with Gasteiger partial charge in [-0.3, -0.25) is 4.18 Å². The van der Waals surface area contributed by atoms with Crippen LogP contribution in [0.3, 0.4) is 0 Å². The number of benzene rings is 2. The average molecular weight is 509 g/mol. The number of nitrogens with one attached hydrogen (secondary N) is 2. The molecular formula is C24H24N6O5S. The summed E-state index contributed by atoms with van der Waals surface area (Å²) in [5, 5.41) is 36.0. The molecule has 11 nitrogen and oxygen atoms in total. The highest BCUT2D eigenvalue weighted by molar-refractivity contribution is 7.84. The summed E-state index contributed by atoms with van der Waals surface area (Å²) in [6, 6.07) is 17.3. The molecule has 6 rings (SSSR count). The first-order valence-electron chi connectivity index (χ1n) is 11.4. The number of nitrogens with zero attached hydrogens (tertiary/aromatic N) is 3. The van der Waals surface area contributed by atoms with Gasteiger partial charge >= 0.3 is 10.3 Å². The van der Waals surface area contributed by atoms with Crippen molar-refractivity contribution in [1.29, 1.82) is 0 Å². The lowest BCUT2D eigenvalue weighted by Gasteiger charge is -2.19. The van der Waals surface area contributed by atoms with Crippen molar-refractivity contribution in [3.63, 3.8) is 0 Å². The summed E-state index contributed by atoms with van der Waals surface area (Å²) < 4.78 is 28.5. The predicted octanol–water partition coefficient (Wildman–Crippen LogP) is 1.77. The smallest absolute Gasteiger partial charge is 0.333 e. The Hall–Kier alpha value is -3.55. The summed E-state index contributed by atoms with van der Waals surface area (Å²) >= 11 is 0. The molecule has 36 heavy (non-hydrogen) atoms. The molecule has 0 radical (unpaired) electrons. The van der Waals surface area contributed by atoms with E-state index in [9.17, 15) is 18.6 Å². The van der Waals surface area contributed by atoms with E-state index in [0.717, 1.165) is 33.1 Å². The lowest BCUT2D eigenvalue weighted by molar-refractivity contribution is 0.00777. The molecule has 3 heterocycles. The second-order valence-corrected chi connectivity index (χ2v) is 10.3. The van der Waals surface area contributed by atoms with Crippen molar-refractivity contribution in [2.24, 2.45) is 11.1 Å². The highest BCUT2D eigenvalue weighted by Crippen LogP contribution is 2.32. The van der Waals surface area contributed by atoms with Gasteiger partial charge in [-0.15, -0.1) is 0 Å². The van der Waals surface area contributed by atoms with Crippen LogP contribution in [0.15, 0.2) is 60.8 Å². The minimum absolute atomic E-state index is 0.271. The Morgan fingerprint density at radius 2 is 1.89 bits per heavy atom. The first-order valence-corrected chi connectivity index (χ1v) is 12.9. The number of fused-ring (bicyclic) bond motifs is 4. The average Bonchev–Trinajstić information content (AvgIpc) is 3.52. The van der Waals surface area contributed by atoms with Crippen molar-refractivity contribution in [3.05, 3.63) is 60.8 Å². The Morgan fingerprint density at radius 3 is 2.72 bits per heavy atom. The predicted molar refractivity (Wildman–Crippen MR) is 134 cm³/mol. The number of aliphatic hydroxyl groups excluding tert-OH is 2. The number of anilines is 1. The Kier molecular flexibility index (Phi) is 5.43. The van der Waals surface area contributed by atoms with Gasteiger partial charge in [0.25, 0.3) is 0 Å². The zero-order valence-electron chi connectivity index (χ0n) is 18.9. The van der Waals surface area contributed by atoms with E-state index in [-0.39, 0.29) is 13.0 Å². The third-order valence-corrected chi connectivity index (χ3v) is 7.21. The van der Waals surface area contributed by atoms with E-state index in [1.165, 1.54) is 0 Å². The first kappa shape index (κ1) is 22.9. The maximum absolute atomic E-state index is 11.1. The molecule has 1 fully saturated rings. The molecule has 0 aliphatic heterocycles. The molecule has 5 aromatic rings. The van der Waals surface area contributed by atoms with E-state index in [1.807, 2.05) is 30.3 Å². The molecular weight excluding hydrogens is 484 g/mol. The van der Waals surface area contributed by atoms with Crippen LogP contribution in [-0.2, 0) is 14.5 Å². The second-order valence-electron chi connectivity index (χ2n) is 9.07. The molecule has 1 aliphatic rings. The highest BCUT2D eigenvalue weighted by Gasteiger charge is 2.42. The quantitative estimate of drug-likeness (QED) is 0.231. The number of aromatic amines is 1. The molecule has 3 aromatic heterocycles. The maximum Gasteiger partial charge on any atom is 0.333 e. The van der Waals surface area contributed by atoms with E-state index in [0.29, 0.717) is 11.5 Å². The second kappa shape index (κ2) is 8.54. The summed E-state index contributed by atoms with van der Waals surface area (Å²) in [6.45, 7) is -0.316. The molecule has 0 bridgehead atoms. The monoisotopic (exact) mass is 508 g/mol. The van der Waals surface area contributed by atoms with Crippen LogP contribution in [0.2, 0.25) is 0 Å². The Morgan fingerprint density at radius 1 is 1.08 bits per heavy atom. The van der Waals surface area contributed by atoms with E-state index >= 15 is 0 Å². The fraction of sp³-hybridized carbons (Fsp3) is 0.250. The summed E-state index contributed by atoms with van der Waals surface area (Å²) in [7, 11) is -4.14. The van der Waals surface area contributed by atoms with Crippen LogP contribution in [0.4, 0.5) is 5.82 Å². The molecule has 1 aliphatic carbocycles. The SMILES string of the molecule is NS(=O)(=O)OCC1C[C@@H](Nc2ccnc3cc(-c4ccc5c(c4)[nH]c4ccccc45)nn23)[C@H](O)[C@@H]1O. The van der Waals surface area contributed by atoms with Gasteiger partial charge in [-0.05, 0) is 24.6 Å². The fourth-order valence-corrected chi connectivity index (χ4v) is 5.33. The third kappa shape index (κ3) is 4.08. The van der Waals surface area contributed by atoms with Crippen LogP contribution in [0, 0.1) is 5.92 Å². The van der Waals surface area contributed by atoms with E-state index in [4.69, 9.17) is 10.2 Å². The zero-order chi connectivity index (χ0) is 25.0. The van der Waals surface area contributed by atoms with Gasteiger partial charge in [0.2, 0.25) is 0 Å². The number of aliphatic hydroxyl groups is 2. The molecule has 1 unspecified atom stereocenters. The number of rotatable bonds is 6. The van der Waals surface area contributed by atoms with Gasteiger partial charge in [0.1, 0.15) is 11.9 Å². The number of para-hydroxylation sites is 1. The van der Waals surface area contributed by atoms with Crippen LogP contribution >= 0.6 is 0 Å². The lowest BCUT2D eigenvalue weighted by Crippen LogP contribution is -2.36. The summed E-state index contributed by atoms with van der Waals surface area (Å²) in [5.41, 5.74) is 4.32. The summed E-state index contributed by atoms with van der Waals surface area (Å²) in [6.07, 6.45) is -0.407. The van der Waals surface area contributed by atoms with Crippen LogP contribution < -0.4 is 10.5 Å². The Bertz CT molecular complexity index is 1700. The Labute approximate surface area is 205 Å². The molecule has 0 spiro atoms. The first-order chi connectivity index (χ1) is 17.3. The van der Waals surface area contributed by atoms with Gasteiger partial charge in [0.05, 0.1) is 24.4 Å². The summed E-state index contributed by atoms with van der Waals surface area (Å²) in [5.74, 6) is -0.0356. The molecule has 186 valence electrons. The number of H-pyrrole nitrogens is 1. The van der Waals surface area contributed by atoms with Gasteiger partial charge in [0, 0.05) is 45.6 Å². The molecule has 4 atom stereocenters. The largest absolute Gasteiger partial charge is 0.390 e. The number of nitrogens with two attached hydrogens (primary N) is 1. The minimum atomic E-state index is -4.14. The van der Waals surface area contributed by atoms with Gasteiger partial charge < -0.3 is 20.5 Å². The topological polar surface area (TPSA) is 168 Å². The van der Waals surface area contributed by atoms with Crippen LogP contribution in [-0.4, -0.2) is 63.1 Å².